The molecule has 1 saturated heterocycles. The lowest BCUT2D eigenvalue weighted by Gasteiger charge is -2.39. The Kier molecular flexibility index (Phi) is 5.88. The zero-order valence-electron chi connectivity index (χ0n) is 18.3. The number of hydrogen-bond donors (Lipinski definition) is 1. The van der Waals surface area contributed by atoms with Crippen LogP contribution in [-0.2, 0) is 6.54 Å². The molecule has 2 unspecified atom stereocenters. The molecule has 1 N–H and O–H groups in total. The molecule has 0 saturated carbocycles. The number of piperidine rings is 1. The molecular weight excluding hydrogens is 374 g/mol. The average molecular weight is 406 g/mol. The molecule has 7 heteroatoms. The number of hydrogen-bond acceptors (Lipinski definition) is 3. The van der Waals surface area contributed by atoms with Crippen LogP contribution in [-0.4, -0.2) is 50.3 Å². The van der Waals surface area contributed by atoms with Crippen LogP contribution in [0.5, 0.6) is 0 Å². The first-order valence-corrected chi connectivity index (χ1v) is 10.6. The van der Waals surface area contributed by atoms with E-state index < -0.39 is 0 Å². The van der Waals surface area contributed by atoms with Crippen LogP contribution in [0.25, 0.3) is 5.69 Å². The molecular formula is C23H31N7. The Hall–Kier alpha value is -3.09. The van der Waals surface area contributed by atoms with Gasteiger partial charge in [-0.2, -0.15) is 5.10 Å². The fraction of sp³-hybridized carbons (Fsp3) is 0.435. The van der Waals surface area contributed by atoms with Crippen molar-refractivity contribution >= 4 is 5.96 Å². The van der Waals surface area contributed by atoms with E-state index >= 15 is 0 Å². The first-order valence-electron chi connectivity index (χ1n) is 10.6. The summed E-state index contributed by atoms with van der Waals surface area (Å²) >= 11 is 0. The van der Waals surface area contributed by atoms with E-state index in [0.29, 0.717) is 18.5 Å². The molecule has 2 atom stereocenters. The number of rotatable bonds is 4. The number of aromatic nitrogens is 4. The van der Waals surface area contributed by atoms with Gasteiger partial charge in [0, 0.05) is 44.8 Å². The van der Waals surface area contributed by atoms with E-state index in [1.807, 2.05) is 31.2 Å². The number of para-hydroxylation sites is 1. The Labute approximate surface area is 178 Å². The molecule has 1 fully saturated rings. The molecule has 1 aliphatic heterocycles. The van der Waals surface area contributed by atoms with Gasteiger partial charge in [0.25, 0.3) is 0 Å². The quantitative estimate of drug-likeness (QED) is 0.534. The minimum absolute atomic E-state index is 0.404. The molecule has 2 aromatic heterocycles. The van der Waals surface area contributed by atoms with Gasteiger partial charge >= 0.3 is 0 Å². The molecule has 30 heavy (non-hydrogen) atoms. The Bertz CT molecular complexity index is 1000. The zero-order valence-corrected chi connectivity index (χ0v) is 18.3. The van der Waals surface area contributed by atoms with Gasteiger partial charge in [-0.05, 0) is 43.9 Å². The molecule has 3 heterocycles. The van der Waals surface area contributed by atoms with Crippen LogP contribution in [0.15, 0.2) is 54.0 Å². The minimum atomic E-state index is 0.404. The zero-order chi connectivity index (χ0) is 21.1. The summed E-state index contributed by atoms with van der Waals surface area (Å²) < 4.78 is 4.25. The summed E-state index contributed by atoms with van der Waals surface area (Å²) in [5.74, 6) is 1.55. The van der Waals surface area contributed by atoms with E-state index in [9.17, 15) is 0 Å². The lowest BCUT2D eigenvalue weighted by atomic mass is 9.93. The van der Waals surface area contributed by atoms with E-state index in [0.717, 1.165) is 42.5 Å². The minimum Gasteiger partial charge on any atom is -0.352 e. The van der Waals surface area contributed by atoms with Crippen LogP contribution < -0.4 is 5.32 Å². The summed E-state index contributed by atoms with van der Waals surface area (Å²) in [7, 11) is 1.86. The second-order valence-corrected chi connectivity index (χ2v) is 8.16. The molecule has 7 nitrogen and oxygen atoms in total. The van der Waals surface area contributed by atoms with Crippen molar-refractivity contribution in [3.05, 3.63) is 66.0 Å². The monoisotopic (exact) mass is 405 g/mol. The highest BCUT2D eigenvalue weighted by Crippen LogP contribution is 2.27. The Morgan fingerprint density at radius 1 is 1.27 bits per heavy atom. The third-order valence-electron chi connectivity index (χ3n) is 6.00. The Morgan fingerprint density at radius 2 is 2.10 bits per heavy atom. The van der Waals surface area contributed by atoms with E-state index in [4.69, 9.17) is 0 Å². The number of guanidine groups is 1. The van der Waals surface area contributed by atoms with Crippen molar-refractivity contribution in [2.45, 2.75) is 39.8 Å². The van der Waals surface area contributed by atoms with E-state index in [1.165, 1.54) is 5.56 Å². The summed E-state index contributed by atoms with van der Waals surface area (Å²) in [6.45, 7) is 9.07. The lowest BCUT2D eigenvalue weighted by molar-refractivity contribution is 0.189. The topological polar surface area (TPSA) is 63.3 Å². The molecule has 0 bridgehead atoms. The van der Waals surface area contributed by atoms with Gasteiger partial charge in [-0.25, -0.2) is 9.67 Å². The van der Waals surface area contributed by atoms with Gasteiger partial charge in [-0.3, -0.25) is 4.99 Å². The number of likely N-dealkylation sites (tertiary alicyclic amines) is 1. The highest BCUT2D eigenvalue weighted by molar-refractivity contribution is 5.80. The molecule has 3 aromatic rings. The van der Waals surface area contributed by atoms with Crippen LogP contribution in [0, 0.1) is 19.8 Å². The van der Waals surface area contributed by atoms with Crippen LogP contribution in [0.1, 0.15) is 36.3 Å². The van der Waals surface area contributed by atoms with Crippen molar-refractivity contribution in [1.29, 1.82) is 0 Å². The number of imidazole rings is 1. The molecule has 1 aliphatic rings. The summed E-state index contributed by atoms with van der Waals surface area (Å²) in [6.07, 6.45) is 6.97. The maximum Gasteiger partial charge on any atom is 0.193 e. The van der Waals surface area contributed by atoms with E-state index in [2.05, 4.69) is 80.2 Å². The highest BCUT2D eigenvalue weighted by Gasteiger charge is 2.28. The maximum absolute atomic E-state index is 4.66. The molecule has 0 aliphatic carbocycles. The SMILES string of the molecule is CN=C(NCc1ccccc1-n1nc(C)cc1C)N1CCC(C)C(n2ccnc2)C1. The maximum atomic E-state index is 4.66. The summed E-state index contributed by atoms with van der Waals surface area (Å²) in [6, 6.07) is 10.9. The second-order valence-electron chi connectivity index (χ2n) is 8.16. The van der Waals surface area contributed by atoms with Crippen molar-refractivity contribution in [2.24, 2.45) is 10.9 Å². The number of nitrogens with one attached hydrogen (secondary N) is 1. The van der Waals surface area contributed by atoms with Gasteiger partial charge in [-0.1, -0.05) is 25.1 Å². The summed E-state index contributed by atoms with van der Waals surface area (Å²) in [5, 5.41) is 8.25. The van der Waals surface area contributed by atoms with Crippen molar-refractivity contribution in [3.8, 4) is 5.69 Å². The number of nitrogens with zero attached hydrogens (tertiary/aromatic N) is 6. The smallest absolute Gasteiger partial charge is 0.193 e. The van der Waals surface area contributed by atoms with Gasteiger partial charge < -0.3 is 14.8 Å². The summed E-state index contributed by atoms with van der Waals surface area (Å²) in [5.41, 5.74) is 4.47. The normalized spacial score (nSPS) is 19.9. The van der Waals surface area contributed by atoms with Crippen molar-refractivity contribution in [3.63, 3.8) is 0 Å². The second kappa shape index (κ2) is 8.73. The van der Waals surface area contributed by atoms with Gasteiger partial charge in [0.05, 0.1) is 23.8 Å². The predicted octanol–water partition coefficient (Wildman–Crippen LogP) is 3.34. The number of aryl methyl sites for hydroxylation is 2. The molecule has 0 radical (unpaired) electrons. The van der Waals surface area contributed by atoms with Crippen molar-refractivity contribution in [2.75, 3.05) is 20.1 Å². The first kappa shape index (κ1) is 20.2. The van der Waals surface area contributed by atoms with Gasteiger partial charge in [0.2, 0.25) is 0 Å². The molecule has 1 aromatic carbocycles. The van der Waals surface area contributed by atoms with Gasteiger partial charge in [-0.15, -0.1) is 0 Å². The third-order valence-corrected chi connectivity index (χ3v) is 6.00. The van der Waals surface area contributed by atoms with Crippen molar-refractivity contribution in [1.82, 2.24) is 29.5 Å². The lowest BCUT2D eigenvalue weighted by Crippen LogP contribution is -2.48. The van der Waals surface area contributed by atoms with Gasteiger partial charge in [0.1, 0.15) is 0 Å². The first-order chi connectivity index (χ1) is 14.6. The molecule has 0 amide bonds. The average Bonchev–Trinajstić information content (AvgIpc) is 3.39. The molecule has 158 valence electrons. The molecule has 0 spiro atoms. The Balaban J connectivity index is 1.49. The van der Waals surface area contributed by atoms with E-state index in [-0.39, 0.29) is 0 Å². The third kappa shape index (κ3) is 4.10. The fourth-order valence-corrected chi connectivity index (χ4v) is 4.34. The Morgan fingerprint density at radius 3 is 2.80 bits per heavy atom. The van der Waals surface area contributed by atoms with Crippen LogP contribution in [0.3, 0.4) is 0 Å². The van der Waals surface area contributed by atoms with Crippen LogP contribution in [0.4, 0.5) is 0 Å². The van der Waals surface area contributed by atoms with Crippen LogP contribution in [0.2, 0.25) is 0 Å². The van der Waals surface area contributed by atoms with E-state index in [1.54, 1.807) is 0 Å². The standard InChI is InChI=1S/C23H31N7/c1-17-9-11-28(15-22(17)29-12-10-25-16-29)23(24-4)26-14-20-7-5-6-8-21(20)30-19(3)13-18(2)27-30/h5-8,10,12-13,16-17,22H,9,11,14-15H2,1-4H3,(H,24,26). The number of aliphatic imine (C=N–C) groups is 1. The molecule has 4 rings (SSSR count). The van der Waals surface area contributed by atoms with Crippen LogP contribution >= 0.6 is 0 Å². The highest BCUT2D eigenvalue weighted by atomic mass is 15.3. The summed E-state index contributed by atoms with van der Waals surface area (Å²) in [4.78, 5) is 11.2. The van der Waals surface area contributed by atoms with Gasteiger partial charge in [0.15, 0.2) is 5.96 Å². The predicted molar refractivity (Wildman–Crippen MR) is 120 cm³/mol. The number of benzene rings is 1. The fourth-order valence-electron chi connectivity index (χ4n) is 4.34. The largest absolute Gasteiger partial charge is 0.352 e. The van der Waals surface area contributed by atoms with Crippen molar-refractivity contribution < 1.29 is 0 Å².